The Balaban J connectivity index is 2.08. The van der Waals surface area contributed by atoms with Crippen LogP contribution in [0, 0.1) is 0 Å². The Morgan fingerprint density at radius 1 is 1.46 bits per heavy atom. The number of rotatable bonds is 5. The molecule has 0 aromatic rings. The highest BCUT2D eigenvalue weighted by molar-refractivity contribution is 8.00. The predicted molar refractivity (Wildman–Crippen MR) is 58.0 cm³/mol. The normalized spacial score (nSPS) is 22.8. The highest BCUT2D eigenvalue weighted by Crippen LogP contribution is 2.20. The van der Waals surface area contributed by atoms with Gasteiger partial charge in [-0.25, -0.2) is 0 Å². The van der Waals surface area contributed by atoms with E-state index in [2.05, 4.69) is 12.2 Å². The van der Waals surface area contributed by atoms with Crippen LogP contribution in [-0.2, 0) is 4.79 Å². The molecular weight excluding hydrogens is 182 g/mol. The van der Waals surface area contributed by atoms with Crippen LogP contribution in [0.3, 0.4) is 0 Å². The average Bonchev–Trinajstić information content (AvgIpc) is 2.15. The number of carbonyl (C=O) groups is 1. The number of hydrogen-bond donors (Lipinski definition) is 1. The molecule has 1 amide bonds. The lowest BCUT2D eigenvalue weighted by Gasteiger charge is -2.21. The van der Waals surface area contributed by atoms with Crippen molar-refractivity contribution >= 4 is 17.7 Å². The van der Waals surface area contributed by atoms with Crippen molar-refractivity contribution in [1.82, 2.24) is 5.32 Å². The largest absolute Gasteiger partial charge is 0.354 e. The predicted octanol–water partition coefficient (Wildman–Crippen LogP) is 2.19. The van der Waals surface area contributed by atoms with Gasteiger partial charge in [0.05, 0.1) is 5.25 Å². The summed E-state index contributed by atoms with van der Waals surface area (Å²) in [5.74, 6) is 1.34. The van der Waals surface area contributed by atoms with E-state index in [0.29, 0.717) is 0 Å². The maximum Gasteiger partial charge on any atom is 0.233 e. The van der Waals surface area contributed by atoms with E-state index in [9.17, 15) is 4.79 Å². The van der Waals surface area contributed by atoms with Crippen LogP contribution >= 0.6 is 11.8 Å². The molecule has 1 N–H and O–H groups in total. The van der Waals surface area contributed by atoms with Crippen molar-refractivity contribution in [2.24, 2.45) is 0 Å². The topological polar surface area (TPSA) is 29.1 Å². The molecule has 0 spiro atoms. The molecule has 1 heterocycles. The Kier molecular flexibility index (Phi) is 5.28. The molecule has 3 heteroatoms. The van der Waals surface area contributed by atoms with Gasteiger partial charge in [-0.3, -0.25) is 4.79 Å². The van der Waals surface area contributed by atoms with Crippen molar-refractivity contribution in [3.05, 3.63) is 0 Å². The molecule has 2 nitrogen and oxygen atoms in total. The van der Waals surface area contributed by atoms with Crippen LogP contribution in [0.25, 0.3) is 0 Å². The van der Waals surface area contributed by atoms with Gasteiger partial charge in [-0.1, -0.05) is 32.6 Å². The minimum Gasteiger partial charge on any atom is -0.354 e. The Labute approximate surface area is 84.9 Å². The van der Waals surface area contributed by atoms with Gasteiger partial charge in [0.15, 0.2) is 0 Å². The Morgan fingerprint density at radius 2 is 2.31 bits per heavy atom. The molecule has 13 heavy (non-hydrogen) atoms. The van der Waals surface area contributed by atoms with Crippen molar-refractivity contribution in [1.29, 1.82) is 0 Å². The van der Waals surface area contributed by atoms with Gasteiger partial charge in [0.1, 0.15) is 0 Å². The molecule has 1 aliphatic heterocycles. The van der Waals surface area contributed by atoms with E-state index in [4.69, 9.17) is 0 Å². The molecular formula is C10H19NOS. The highest BCUT2D eigenvalue weighted by Gasteiger charge is 2.21. The van der Waals surface area contributed by atoms with Crippen LogP contribution in [0.15, 0.2) is 0 Å². The fraction of sp³-hybridized carbons (Fsp3) is 0.900. The highest BCUT2D eigenvalue weighted by atomic mass is 32.2. The fourth-order valence-electron chi connectivity index (χ4n) is 1.54. The zero-order valence-corrected chi connectivity index (χ0v) is 9.16. The van der Waals surface area contributed by atoms with Crippen LogP contribution in [-0.4, -0.2) is 23.5 Å². The van der Waals surface area contributed by atoms with Gasteiger partial charge < -0.3 is 5.32 Å². The van der Waals surface area contributed by atoms with Crippen molar-refractivity contribution in [3.8, 4) is 0 Å². The smallest absolute Gasteiger partial charge is 0.233 e. The number of amides is 1. The molecule has 1 saturated heterocycles. The Bertz CT molecular complexity index is 161. The van der Waals surface area contributed by atoms with Gasteiger partial charge in [-0.2, -0.15) is 0 Å². The zero-order chi connectivity index (χ0) is 9.52. The van der Waals surface area contributed by atoms with Gasteiger partial charge in [0.25, 0.3) is 0 Å². The number of hydrogen-bond acceptors (Lipinski definition) is 2. The first-order valence-corrected chi connectivity index (χ1v) is 6.28. The lowest BCUT2D eigenvalue weighted by Crippen LogP contribution is -2.39. The monoisotopic (exact) mass is 201 g/mol. The third kappa shape index (κ3) is 4.03. The second kappa shape index (κ2) is 6.30. The second-order valence-electron chi connectivity index (χ2n) is 3.50. The van der Waals surface area contributed by atoms with E-state index in [1.165, 1.54) is 25.7 Å². The average molecular weight is 201 g/mol. The summed E-state index contributed by atoms with van der Waals surface area (Å²) in [5, 5.41) is 3.15. The molecule has 0 aromatic heterocycles. The van der Waals surface area contributed by atoms with E-state index in [0.717, 1.165) is 18.7 Å². The first-order chi connectivity index (χ1) is 6.34. The summed E-state index contributed by atoms with van der Waals surface area (Å²) in [6, 6.07) is 0. The van der Waals surface area contributed by atoms with E-state index in [-0.39, 0.29) is 11.2 Å². The maximum absolute atomic E-state index is 11.3. The SMILES string of the molecule is CCCCCCC1SCCNC1=O. The summed E-state index contributed by atoms with van der Waals surface area (Å²) < 4.78 is 0. The van der Waals surface area contributed by atoms with E-state index < -0.39 is 0 Å². The fourth-order valence-corrected chi connectivity index (χ4v) is 2.61. The summed E-state index contributed by atoms with van der Waals surface area (Å²) in [4.78, 5) is 11.3. The molecule has 1 rings (SSSR count). The Hall–Kier alpha value is -0.180. The van der Waals surface area contributed by atoms with E-state index in [1.54, 1.807) is 0 Å². The maximum atomic E-state index is 11.3. The third-order valence-electron chi connectivity index (χ3n) is 2.33. The third-order valence-corrected chi connectivity index (χ3v) is 3.62. The molecule has 0 bridgehead atoms. The number of carbonyl (C=O) groups excluding carboxylic acids is 1. The van der Waals surface area contributed by atoms with Crippen molar-refractivity contribution in [2.45, 2.75) is 44.3 Å². The van der Waals surface area contributed by atoms with Crippen molar-refractivity contribution in [2.75, 3.05) is 12.3 Å². The van der Waals surface area contributed by atoms with Crippen LogP contribution in [0.5, 0.6) is 0 Å². The molecule has 1 atom stereocenters. The first-order valence-electron chi connectivity index (χ1n) is 5.24. The van der Waals surface area contributed by atoms with Crippen LogP contribution in [0.1, 0.15) is 39.0 Å². The molecule has 76 valence electrons. The van der Waals surface area contributed by atoms with Crippen LogP contribution in [0.2, 0.25) is 0 Å². The standard InChI is InChI=1S/C10H19NOS/c1-2-3-4-5-6-9-10(12)11-7-8-13-9/h9H,2-8H2,1H3,(H,11,12). The molecule has 0 saturated carbocycles. The molecule has 0 aliphatic carbocycles. The van der Waals surface area contributed by atoms with Gasteiger partial charge >= 0.3 is 0 Å². The minimum absolute atomic E-state index is 0.241. The van der Waals surface area contributed by atoms with Gasteiger partial charge in [-0.15, -0.1) is 11.8 Å². The quantitative estimate of drug-likeness (QED) is 0.691. The lowest BCUT2D eigenvalue weighted by atomic mass is 10.1. The van der Waals surface area contributed by atoms with Gasteiger partial charge in [0, 0.05) is 12.3 Å². The Morgan fingerprint density at radius 3 is 3.00 bits per heavy atom. The van der Waals surface area contributed by atoms with E-state index >= 15 is 0 Å². The van der Waals surface area contributed by atoms with Crippen LogP contribution in [0.4, 0.5) is 0 Å². The summed E-state index contributed by atoms with van der Waals surface area (Å²) >= 11 is 1.82. The van der Waals surface area contributed by atoms with E-state index in [1.807, 2.05) is 11.8 Å². The van der Waals surface area contributed by atoms with Crippen molar-refractivity contribution in [3.63, 3.8) is 0 Å². The number of unbranched alkanes of at least 4 members (excludes halogenated alkanes) is 3. The summed E-state index contributed by atoms with van der Waals surface area (Å²) in [6.07, 6.45) is 6.12. The van der Waals surface area contributed by atoms with Gasteiger partial charge in [-0.05, 0) is 6.42 Å². The van der Waals surface area contributed by atoms with Gasteiger partial charge in [0.2, 0.25) is 5.91 Å². The molecule has 1 aliphatic rings. The number of thioether (sulfide) groups is 1. The molecule has 0 radical (unpaired) electrons. The van der Waals surface area contributed by atoms with Crippen LogP contribution < -0.4 is 5.32 Å². The molecule has 0 aromatic carbocycles. The lowest BCUT2D eigenvalue weighted by molar-refractivity contribution is -0.120. The second-order valence-corrected chi connectivity index (χ2v) is 4.81. The summed E-state index contributed by atoms with van der Waals surface area (Å²) in [6.45, 7) is 3.07. The molecule has 1 unspecified atom stereocenters. The first kappa shape index (κ1) is 10.9. The summed E-state index contributed by atoms with van der Waals surface area (Å²) in [7, 11) is 0. The number of nitrogens with one attached hydrogen (secondary N) is 1. The van der Waals surface area contributed by atoms with Crippen molar-refractivity contribution < 1.29 is 4.79 Å². The molecule has 1 fully saturated rings. The minimum atomic E-state index is 0.241. The summed E-state index contributed by atoms with van der Waals surface area (Å²) in [5.41, 5.74) is 0. The zero-order valence-electron chi connectivity index (χ0n) is 8.34.